The summed E-state index contributed by atoms with van der Waals surface area (Å²) in [5.74, 6) is 0.140. The number of aromatic nitrogens is 1. The first-order chi connectivity index (χ1) is 16.5. The number of benzene rings is 2. The van der Waals surface area contributed by atoms with Gasteiger partial charge in [0.25, 0.3) is 5.91 Å². The van der Waals surface area contributed by atoms with Crippen molar-refractivity contribution >= 4 is 22.7 Å². The highest BCUT2D eigenvalue weighted by molar-refractivity contribution is 6.10. The second-order valence-electron chi connectivity index (χ2n) is 7.53. The molecular formula is C25H19FN2O6. The number of rotatable bonds is 5. The number of pyridine rings is 1. The molecular weight excluding hydrogens is 443 g/mol. The van der Waals surface area contributed by atoms with Crippen LogP contribution in [0.3, 0.4) is 0 Å². The van der Waals surface area contributed by atoms with E-state index in [1.165, 1.54) is 44.6 Å². The van der Waals surface area contributed by atoms with Gasteiger partial charge >= 0.3 is 0 Å². The van der Waals surface area contributed by atoms with E-state index in [0.717, 1.165) is 6.07 Å². The molecule has 0 unspecified atom stereocenters. The molecule has 0 saturated carbocycles. The number of methoxy groups -OCH3 is 3. The average molecular weight is 462 g/mol. The van der Waals surface area contributed by atoms with Crippen molar-refractivity contribution in [3.8, 4) is 17.2 Å². The summed E-state index contributed by atoms with van der Waals surface area (Å²) >= 11 is 0. The number of nitrogens with zero attached hydrogens (tertiary/aromatic N) is 2. The number of halogens is 1. The van der Waals surface area contributed by atoms with Crippen molar-refractivity contribution in [3.05, 3.63) is 87.7 Å². The lowest BCUT2D eigenvalue weighted by Crippen LogP contribution is -2.30. The fourth-order valence-electron chi connectivity index (χ4n) is 4.24. The monoisotopic (exact) mass is 462 g/mol. The maximum atomic E-state index is 14.0. The van der Waals surface area contributed by atoms with E-state index in [0.29, 0.717) is 28.6 Å². The van der Waals surface area contributed by atoms with Crippen LogP contribution >= 0.6 is 0 Å². The number of fused-ring (bicyclic) bond motifs is 2. The van der Waals surface area contributed by atoms with Crippen LogP contribution in [0.4, 0.5) is 10.2 Å². The molecule has 0 aliphatic carbocycles. The summed E-state index contributed by atoms with van der Waals surface area (Å²) in [4.78, 5) is 32.9. The van der Waals surface area contributed by atoms with E-state index in [2.05, 4.69) is 4.98 Å². The summed E-state index contributed by atoms with van der Waals surface area (Å²) in [6, 6.07) is 10.9. The fourth-order valence-corrected chi connectivity index (χ4v) is 4.24. The van der Waals surface area contributed by atoms with Gasteiger partial charge in [0.1, 0.15) is 29.0 Å². The van der Waals surface area contributed by atoms with Gasteiger partial charge in [0.05, 0.1) is 32.3 Å². The molecule has 1 atom stereocenters. The molecule has 0 fully saturated rings. The largest absolute Gasteiger partial charge is 0.496 e. The molecule has 5 rings (SSSR count). The Morgan fingerprint density at radius 3 is 2.35 bits per heavy atom. The van der Waals surface area contributed by atoms with Gasteiger partial charge in [-0.05, 0) is 36.4 Å². The van der Waals surface area contributed by atoms with Crippen molar-refractivity contribution in [2.75, 3.05) is 26.2 Å². The van der Waals surface area contributed by atoms with Gasteiger partial charge in [0.2, 0.25) is 5.76 Å². The number of hydrogen-bond donors (Lipinski definition) is 0. The summed E-state index contributed by atoms with van der Waals surface area (Å²) in [5, 5.41) is 0.0267. The number of anilines is 1. The predicted molar refractivity (Wildman–Crippen MR) is 121 cm³/mol. The normalized spacial score (nSPS) is 14.9. The molecule has 1 aliphatic heterocycles. The first-order valence-electron chi connectivity index (χ1n) is 10.3. The molecule has 9 heteroatoms. The Morgan fingerprint density at radius 2 is 1.68 bits per heavy atom. The Labute approximate surface area is 193 Å². The van der Waals surface area contributed by atoms with Gasteiger partial charge in [0.15, 0.2) is 16.9 Å². The van der Waals surface area contributed by atoms with E-state index in [1.54, 1.807) is 30.3 Å². The van der Waals surface area contributed by atoms with Crippen LogP contribution in [0.2, 0.25) is 0 Å². The molecule has 8 nitrogen and oxygen atoms in total. The topological polar surface area (TPSA) is 91.1 Å². The molecule has 4 aromatic rings. The van der Waals surface area contributed by atoms with Gasteiger partial charge < -0.3 is 18.6 Å². The molecule has 3 heterocycles. The maximum absolute atomic E-state index is 14.0. The van der Waals surface area contributed by atoms with E-state index in [1.807, 2.05) is 0 Å². The van der Waals surface area contributed by atoms with Crippen LogP contribution in [-0.2, 0) is 0 Å². The van der Waals surface area contributed by atoms with Gasteiger partial charge in [-0.1, -0.05) is 6.07 Å². The zero-order chi connectivity index (χ0) is 24.0. The van der Waals surface area contributed by atoms with E-state index in [9.17, 15) is 14.0 Å². The van der Waals surface area contributed by atoms with Crippen molar-refractivity contribution in [3.63, 3.8) is 0 Å². The number of amides is 1. The van der Waals surface area contributed by atoms with Crippen molar-refractivity contribution in [1.29, 1.82) is 0 Å². The van der Waals surface area contributed by atoms with Gasteiger partial charge in [-0.15, -0.1) is 0 Å². The lowest BCUT2D eigenvalue weighted by atomic mass is 9.97. The van der Waals surface area contributed by atoms with Crippen LogP contribution in [0.5, 0.6) is 17.2 Å². The minimum atomic E-state index is -0.976. The summed E-state index contributed by atoms with van der Waals surface area (Å²) in [6.07, 6.45) is 1.54. The Hall–Kier alpha value is -4.40. The standard InChI is InChI=1S/C25H19FN2O6/c1-31-17-12-19(33-3)18(32-2)11-14(17)22-21-23(29)15-10-13(26)7-8-16(15)34-24(21)25(30)28(22)20-6-4-5-9-27-20/h4-12,22H,1-3H3/t22-/m0/s1. The second kappa shape index (κ2) is 8.18. The second-order valence-corrected chi connectivity index (χ2v) is 7.53. The molecule has 0 saturated heterocycles. The van der Waals surface area contributed by atoms with Crippen molar-refractivity contribution < 1.29 is 27.8 Å². The molecule has 0 spiro atoms. The molecule has 2 aromatic heterocycles. The predicted octanol–water partition coefficient (Wildman–Crippen LogP) is 4.10. The first kappa shape index (κ1) is 21.4. The SMILES string of the molecule is COc1cc(OC)c([C@H]2c3c(oc4ccc(F)cc4c3=O)C(=O)N2c2ccccn2)cc1OC. The van der Waals surface area contributed by atoms with E-state index < -0.39 is 23.2 Å². The van der Waals surface area contributed by atoms with Gasteiger partial charge in [0, 0.05) is 17.8 Å². The van der Waals surface area contributed by atoms with Crippen molar-refractivity contribution in [2.45, 2.75) is 6.04 Å². The lowest BCUT2D eigenvalue weighted by molar-refractivity contribution is 0.0970. The molecule has 2 aromatic carbocycles. The quantitative estimate of drug-likeness (QED) is 0.441. The third-order valence-electron chi connectivity index (χ3n) is 5.76. The minimum Gasteiger partial charge on any atom is -0.496 e. The summed E-state index contributed by atoms with van der Waals surface area (Å²) in [7, 11) is 4.43. The van der Waals surface area contributed by atoms with Crippen molar-refractivity contribution in [2.24, 2.45) is 0 Å². The Kier molecular flexibility index (Phi) is 5.16. The number of carbonyl (C=O) groups is 1. The first-order valence-corrected chi connectivity index (χ1v) is 10.3. The van der Waals surface area contributed by atoms with Crippen LogP contribution in [0.1, 0.15) is 27.7 Å². The van der Waals surface area contributed by atoms with Crippen molar-refractivity contribution in [1.82, 2.24) is 4.98 Å². The van der Waals surface area contributed by atoms with Crippen LogP contribution < -0.4 is 24.5 Å². The third kappa shape index (κ3) is 3.16. The van der Waals surface area contributed by atoms with Gasteiger partial charge in [-0.2, -0.15) is 0 Å². The van der Waals surface area contributed by atoms with Crippen LogP contribution in [0.25, 0.3) is 11.0 Å². The van der Waals surface area contributed by atoms with E-state index in [-0.39, 0.29) is 22.3 Å². The fraction of sp³-hybridized carbons (Fsp3) is 0.160. The molecule has 0 bridgehead atoms. The Balaban J connectivity index is 1.86. The van der Waals surface area contributed by atoms with E-state index >= 15 is 0 Å². The van der Waals surface area contributed by atoms with Gasteiger partial charge in [-0.3, -0.25) is 14.5 Å². The molecule has 0 radical (unpaired) electrons. The summed E-state index contributed by atoms with van der Waals surface area (Å²) in [6.45, 7) is 0. The van der Waals surface area contributed by atoms with E-state index in [4.69, 9.17) is 18.6 Å². The Morgan fingerprint density at radius 1 is 0.941 bits per heavy atom. The number of carbonyl (C=O) groups excluding carboxylic acids is 1. The molecule has 172 valence electrons. The summed E-state index contributed by atoms with van der Waals surface area (Å²) in [5.41, 5.74) is 0.0870. The number of hydrogen-bond acceptors (Lipinski definition) is 7. The highest BCUT2D eigenvalue weighted by atomic mass is 19.1. The van der Waals surface area contributed by atoms with Crippen LogP contribution in [0, 0.1) is 5.82 Å². The summed E-state index contributed by atoms with van der Waals surface area (Å²) < 4.78 is 36.3. The van der Waals surface area contributed by atoms with Gasteiger partial charge in [-0.25, -0.2) is 9.37 Å². The molecule has 34 heavy (non-hydrogen) atoms. The minimum absolute atomic E-state index is 0.0267. The van der Waals surface area contributed by atoms with Crippen LogP contribution in [-0.4, -0.2) is 32.2 Å². The third-order valence-corrected chi connectivity index (χ3v) is 5.76. The highest BCUT2D eigenvalue weighted by Gasteiger charge is 2.45. The maximum Gasteiger partial charge on any atom is 0.296 e. The highest BCUT2D eigenvalue weighted by Crippen LogP contribution is 2.46. The zero-order valence-electron chi connectivity index (χ0n) is 18.5. The smallest absolute Gasteiger partial charge is 0.296 e. The van der Waals surface area contributed by atoms with Crippen LogP contribution in [0.15, 0.2) is 63.9 Å². The average Bonchev–Trinajstić information content (AvgIpc) is 3.16. The molecule has 0 N–H and O–H groups in total. The zero-order valence-corrected chi connectivity index (χ0v) is 18.5. The Bertz CT molecular complexity index is 1480. The lowest BCUT2D eigenvalue weighted by Gasteiger charge is -2.26. The number of ether oxygens (including phenoxy) is 3. The molecule has 1 aliphatic rings. The molecule has 1 amide bonds.